The van der Waals surface area contributed by atoms with Gasteiger partial charge in [0.25, 0.3) is 0 Å². The summed E-state index contributed by atoms with van der Waals surface area (Å²) in [6, 6.07) is 0.362. The molecule has 0 heterocycles. The zero-order valence-corrected chi connectivity index (χ0v) is 9.03. The van der Waals surface area contributed by atoms with E-state index < -0.39 is 0 Å². The van der Waals surface area contributed by atoms with E-state index >= 15 is 0 Å². The first-order valence-electron chi connectivity index (χ1n) is 4.72. The maximum Gasteiger partial charge on any atom is 0.0556 e. The first-order valence-corrected chi connectivity index (χ1v) is 5.87. The van der Waals surface area contributed by atoms with Crippen LogP contribution in [0.4, 0.5) is 0 Å². The minimum absolute atomic E-state index is 0.362. The molecule has 0 spiro atoms. The second-order valence-electron chi connectivity index (χ2n) is 2.86. The molecule has 0 aromatic heterocycles. The number of nitrogens with two attached hydrogens (primary N) is 1. The van der Waals surface area contributed by atoms with Gasteiger partial charge >= 0.3 is 0 Å². The number of rotatable bonds is 8. The Kier molecular flexibility index (Phi) is 9.57. The fourth-order valence-corrected chi connectivity index (χ4v) is 1.66. The summed E-state index contributed by atoms with van der Waals surface area (Å²) in [6.07, 6.45) is 2.18. The molecule has 2 nitrogen and oxygen atoms in total. The van der Waals surface area contributed by atoms with Crippen molar-refractivity contribution >= 4 is 11.8 Å². The smallest absolute Gasteiger partial charge is 0.0556 e. The molecule has 2 N–H and O–H groups in total. The molecule has 0 aliphatic rings. The zero-order valence-electron chi connectivity index (χ0n) is 8.21. The minimum atomic E-state index is 0.362. The molecule has 74 valence electrons. The van der Waals surface area contributed by atoms with E-state index in [1.165, 1.54) is 0 Å². The minimum Gasteiger partial charge on any atom is -0.381 e. The molecule has 3 heteroatoms. The van der Waals surface area contributed by atoms with Gasteiger partial charge in [-0.2, -0.15) is 11.8 Å². The lowest BCUT2D eigenvalue weighted by Crippen LogP contribution is -2.21. The van der Waals surface area contributed by atoms with Crippen LogP contribution in [0.5, 0.6) is 0 Å². The Bertz CT molecular complexity index is 90.6. The van der Waals surface area contributed by atoms with Gasteiger partial charge in [-0.3, -0.25) is 0 Å². The summed E-state index contributed by atoms with van der Waals surface area (Å²) >= 11 is 1.89. The number of hydrogen-bond donors (Lipinski definition) is 1. The van der Waals surface area contributed by atoms with E-state index in [-0.39, 0.29) is 0 Å². The van der Waals surface area contributed by atoms with Gasteiger partial charge < -0.3 is 10.5 Å². The van der Waals surface area contributed by atoms with E-state index in [1.807, 2.05) is 11.8 Å². The van der Waals surface area contributed by atoms with E-state index in [4.69, 9.17) is 10.5 Å². The summed E-state index contributed by atoms with van der Waals surface area (Å²) in [6.45, 7) is 6.01. The van der Waals surface area contributed by atoms with E-state index in [0.29, 0.717) is 6.04 Å². The quantitative estimate of drug-likeness (QED) is 0.595. The SMILES string of the molecule is CCCOCCSCC(N)CC. The van der Waals surface area contributed by atoms with Gasteiger partial charge in [-0.1, -0.05) is 13.8 Å². The van der Waals surface area contributed by atoms with Crippen molar-refractivity contribution < 1.29 is 4.74 Å². The molecular formula is C9H21NOS. The Labute approximate surface area is 80.2 Å². The Morgan fingerprint density at radius 2 is 2.08 bits per heavy atom. The van der Waals surface area contributed by atoms with Gasteiger partial charge in [0.15, 0.2) is 0 Å². The van der Waals surface area contributed by atoms with Crippen molar-refractivity contribution in [2.75, 3.05) is 24.7 Å². The van der Waals surface area contributed by atoms with Crippen LogP contribution in [-0.2, 0) is 4.74 Å². The normalized spacial score (nSPS) is 13.2. The molecule has 0 rings (SSSR count). The highest BCUT2D eigenvalue weighted by atomic mass is 32.2. The molecule has 0 aliphatic carbocycles. The maximum atomic E-state index is 5.75. The molecule has 0 saturated heterocycles. The van der Waals surface area contributed by atoms with Gasteiger partial charge in [0, 0.05) is 24.2 Å². The lowest BCUT2D eigenvalue weighted by Gasteiger charge is -2.07. The van der Waals surface area contributed by atoms with E-state index in [9.17, 15) is 0 Å². The lowest BCUT2D eigenvalue weighted by atomic mass is 10.3. The molecule has 0 aromatic rings. The summed E-state index contributed by atoms with van der Waals surface area (Å²) in [5, 5.41) is 0. The van der Waals surface area contributed by atoms with Crippen LogP contribution < -0.4 is 5.73 Å². The van der Waals surface area contributed by atoms with E-state index in [2.05, 4.69) is 13.8 Å². The average molecular weight is 191 g/mol. The maximum absolute atomic E-state index is 5.75. The van der Waals surface area contributed by atoms with Crippen LogP contribution in [-0.4, -0.2) is 30.8 Å². The second-order valence-corrected chi connectivity index (χ2v) is 4.01. The summed E-state index contributed by atoms with van der Waals surface area (Å²) < 4.78 is 5.34. The molecule has 0 aromatic carbocycles. The number of ether oxygens (including phenoxy) is 1. The van der Waals surface area contributed by atoms with Gasteiger partial charge in [0.05, 0.1) is 6.61 Å². The Balaban J connectivity index is 2.90. The van der Waals surface area contributed by atoms with E-state index in [0.717, 1.165) is 37.6 Å². The summed E-state index contributed by atoms with van der Waals surface area (Å²) in [4.78, 5) is 0. The molecule has 0 amide bonds. The van der Waals surface area contributed by atoms with Gasteiger partial charge in [0.2, 0.25) is 0 Å². The molecule has 0 bridgehead atoms. The highest BCUT2D eigenvalue weighted by Gasteiger charge is 1.97. The highest BCUT2D eigenvalue weighted by Crippen LogP contribution is 2.03. The third kappa shape index (κ3) is 8.37. The molecule has 0 radical (unpaired) electrons. The van der Waals surface area contributed by atoms with Gasteiger partial charge in [0.1, 0.15) is 0 Å². The topological polar surface area (TPSA) is 35.2 Å². The van der Waals surface area contributed by atoms with Crippen molar-refractivity contribution in [3.63, 3.8) is 0 Å². The van der Waals surface area contributed by atoms with Crippen LogP contribution in [0.3, 0.4) is 0 Å². The largest absolute Gasteiger partial charge is 0.381 e. The van der Waals surface area contributed by atoms with Crippen LogP contribution in [0, 0.1) is 0 Å². The predicted molar refractivity (Wildman–Crippen MR) is 56.7 cm³/mol. The predicted octanol–water partition coefficient (Wildman–Crippen LogP) is 1.88. The number of hydrogen-bond acceptors (Lipinski definition) is 3. The standard InChI is InChI=1S/C9H21NOS/c1-3-5-11-6-7-12-8-9(10)4-2/h9H,3-8,10H2,1-2H3. The average Bonchev–Trinajstić information content (AvgIpc) is 2.10. The third-order valence-corrected chi connectivity index (χ3v) is 2.70. The molecule has 12 heavy (non-hydrogen) atoms. The van der Waals surface area contributed by atoms with Crippen LogP contribution in [0.15, 0.2) is 0 Å². The van der Waals surface area contributed by atoms with Gasteiger partial charge in [-0.15, -0.1) is 0 Å². The monoisotopic (exact) mass is 191 g/mol. The van der Waals surface area contributed by atoms with Gasteiger partial charge in [-0.25, -0.2) is 0 Å². The Hall–Kier alpha value is 0.270. The molecule has 0 saturated carbocycles. The first kappa shape index (κ1) is 12.3. The molecule has 1 unspecified atom stereocenters. The molecular weight excluding hydrogens is 170 g/mol. The van der Waals surface area contributed by atoms with E-state index in [1.54, 1.807) is 0 Å². The van der Waals surface area contributed by atoms with Crippen molar-refractivity contribution in [1.29, 1.82) is 0 Å². The van der Waals surface area contributed by atoms with Crippen molar-refractivity contribution in [1.82, 2.24) is 0 Å². The fourth-order valence-electron chi connectivity index (χ4n) is 0.717. The van der Waals surface area contributed by atoms with Crippen LogP contribution in [0.25, 0.3) is 0 Å². The van der Waals surface area contributed by atoms with Crippen LogP contribution in [0.1, 0.15) is 26.7 Å². The van der Waals surface area contributed by atoms with Gasteiger partial charge in [-0.05, 0) is 12.8 Å². The molecule has 0 aliphatic heterocycles. The highest BCUT2D eigenvalue weighted by molar-refractivity contribution is 7.99. The molecule has 1 atom stereocenters. The van der Waals surface area contributed by atoms with Crippen LogP contribution in [0.2, 0.25) is 0 Å². The summed E-state index contributed by atoms with van der Waals surface area (Å²) in [5.74, 6) is 2.14. The lowest BCUT2D eigenvalue weighted by molar-refractivity contribution is 0.151. The summed E-state index contributed by atoms with van der Waals surface area (Å²) in [5.41, 5.74) is 5.75. The van der Waals surface area contributed by atoms with Crippen molar-refractivity contribution in [3.05, 3.63) is 0 Å². The summed E-state index contributed by atoms with van der Waals surface area (Å²) in [7, 11) is 0. The van der Waals surface area contributed by atoms with Crippen molar-refractivity contribution in [3.8, 4) is 0 Å². The van der Waals surface area contributed by atoms with Crippen molar-refractivity contribution in [2.45, 2.75) is 32.7 Å². The number of thioether (sulfide) groups is 1. The fraction of sp³-hybridized carbons (Fsp3) is 1.00. The second kappa shape index (κ2) is 9.36. The first-order chi connectivity index (χ1) is 5.81. The molecule has 0 fully saturated rings. The Morgan fingerprint density at radius 3 is 2.67 bits per heavy atom. The Morgan fingerprint density at radius 1 is 1.33 bits per heavy atom. The van der Waals surface area contributed by atoms with Crippen molar-refractivity contribution in [2.24, 2.45) is 5.73 Å². The van der Waals surface area contributed by atoms with Crippen LogP contribution >= 0.6 is 11.8 Å². The third-order valence-electron chi connectivity index (χ3n) is 1.58. The zero-order chi connectivity index (χ0) is 9.23.